The van der Waals surface area contributed by atoms with Crippen LogP contribution >= 0.6 is 0 Å². The summed E-state index contributed by atoms with van der Waals surface area (Å²) in [6.07, 6.45) is 7.35. The fourth-order valence-corrected chi connectivity index (χ4v) is 5.87. The van der Waals surface area contributed by atoms with Crippen LogP contribution in [0.15, 0.2) is 71.8 Å². The summed E-state index contributed by atoms with van der Waals surface area (Å²) in [4.78, 5) is 53.1. The maximum absolute atomic E-state index is 13.8. The van der Waals surface area contributed by atoms with Crippen molar-refractivity contribution in [2.24, 2.45) is 4.99 Å². The molecule has 9 nitrogen and oxygen atoms in total. The van der Waals surface area contributed by atoms with Gasteiger partial charge in [-0.15, -0.1) is 0 Å². The van der Waals surface area contributed by atoms with Crippen molar-refractivity contribution in [3.05, 3.63) is 83.6 Å². The molecule has 0 saturated carbocycles. The van der Waals surface area contributed by atoms with Gasteiger partial charge in [0.25, 0.3) is 11.8 Å². The first kappa shape index (κ1) is 23.8. The first-order valence-electron chi connectivity index (χ1n) is 12.8. The van der Waals surface area contributed by atoms with E-state index in [9.17, 15) is 14.4 Å². The predicted octanol–water partition coefficient (Wildman–Crippen LogP) is 3.09. The molecule has 1 N–H and O–H groups in total. The zero-order chi connectivity index (χ0) is 26.7. The molecule has 0 radical (unpaired) electrons. The highest BCUT2D eigenvalue weighted by molar-refractivity contribution is 6.47. The van der Waals surface area contributed by atoms with E-state index in [0.29, 0.717) is 29.0 Å². The van der Waals surface area contributed by atoms with Crippen molar-refractivity contribution >= 4 is 40.3 Å². The molecule has 0 aliphatic carbocycles. The van der Waals surface area contributed by atoms with Gasteiger partial charge in [0.05, 0.1) is 34.4 Å². The number of imide groups is 1. The second-order valence-electron chi connectivity index (χ2n) is 10.3. The van der Waals surface area contributed by atoms with Gasteiger partial charge in [0.15, 0.2) is 0 Å². The van der Waals surface area contributed by atoms with Crippen LogP contribution in [0.4, 0.5) is 5.69 Å². The molecule has 38 heavy (non-hydrogen) atoms. The van der Waals surface area contributed by atoms with Crippen molar-refractivity contribution in [1.29, 1.82) is 0 Å². The first-order chi connectivity index (χ1) is 18.3. The fraction of sp³-hybridized carbons (Fsp3) is 0.276. The monoisotopic (exact) mass is 508 g/mol. The smallest absolute Gasteiger partial charge is 0.261 e. The molecule has 2 aromatic heterocycles. The van der Waals surface area contributed by atoms with Gasteiger partial charge in [-0.05, 0) is 45.4 Å². The number of para-hydroxylation sites is 1. The third-order valence-corrected chi connectivity index (χ3v) is 7.31. The van der Waals surface area contributed by atoms with Crippen LogP contribution in [-0.2, 0) is 20.8 Å². The molecule has 1 atom stereocenters. The highest BCUT2D eigenvalue weighted by atomic mass is 16.2. The Morgan fingerprint density at radius 2 is 1.79 bits per heavy atom. The van der Waals surface area contributed by atoms with Crippen LogP contribution in [-0.4, -0.2) is 55.8 Å². The Morgan fingerprint density at radius 3 is 2.55 bits per heavy atom. The number of rotatable bonds is 5. The van der Waals surface area contributed by atoms with Gasteiger partial charge in [-0.1, -0.05) is 24.3 Å². The Kier molecular flexibility index (Phi) is 5.52. The molecule has 1 aromatic carbocycles. The topological polar surface area (TPSA) is 99.4 Å². The lowest BCUT2D eigenvalue weighted by molar-refractivity contribution is -0.136. The van der Waals surface area contributed by atoms with Gasteiger partial charge in [-0.3, -0.25) is 29.1 Å². The van der Waals surface area contributed by atoms with Crippen molar-refractivity contribution in [3.63, 3.8) is 0 Å². The zero-order valence-electron chi connectivity index (χ0n) is 21.7. The van der Waals surface area contributed by atoms with Gasteiger partial charge in [-0.25, -0.2) is 4.98 Å². The van der Waals surface area contributed by atoms with E-state index in [0.717, 1.165) is 11.3 Å². The number of aliphatic imine (C=N–C) groups is 1. The van der Waals surface area contributed by atoms with E-state index >= 15 is 0 Å². The number of aromatic nitrogens is 2. The van der Waals surface area contributed by atoms with Crippen LogP contribution in [0.1, 0.15) is 44.5 Å². The van der Waals surface area contributed by atoms with E-state index in [1.807, 2.05) is 73.9 Å². The lowest BCUT2D eigenvalue weighted by Crippen LogP contribution is -2.51. The molecular formula is C29H28N6O3. The Balaban J connectivity index is 1.49. The van der Waals surface area contributed by atoms with Crippen LogP contribution in [0, 0.1) is 0 Å². The molecular weight excluding hydrogens is 480 g/mol. The van der Waals surface area contributed by atoms with E-state index in [2.05, 4.69) is 15.3 Å². The van der Waals surface area contributed by atoms with Gasteiger partial charge in [0.1, 0.15) is 11.7 Å². The number of anilines is 1. The summed E-state index contributed by atoms with van der Waals surface area (Å²) < 4.78 is 1.78. The molecule has 3 amide bonds. The Labute approximate surface area is 220 Å². The highest BCUT2D eigenvalue weighted by Gasteiger charge is 2.42. The van der Waals surface area contributed by atoms with Gasteiger partial charge in [0, 0.05) is 42.7 Å². The van der Waals surface area contributed by atoms with E-state index in [1.54, 1.807) is 29.2 Å². The number of carbonyl (C=O) groups is 3. The second kappa shape index (κ2) is 8.79. The number of pyridine rings is 1. The molecule has 9 heteroatoms. The van der Waals surface area contributed by atoms with Crippen LogP contribution in [0.2, 0.25) is 0 Å². The lowest BCUT2D eigenvalue weighted by atomic mass is 9.94. The molecule has 6 rings (SSSR count). The molecule has 3 aliphatic heterocycles. The average molecular weight is 509 g/mol. The Hall–Kier alpha value is -4.53. The van der Waals surface area contributed by atoms with Crippen LogP contribution in [0.3, 0.4) is 0 Å². The molecule has 3 aliphatic rings. The maximum Gasteiger partial charge on any atom is 0.261 e. The minimum absolute atomic E-state index is 0.0460. The number of fused-ring (bicyclic) bond motifs is 1. The van der Waals surface area contributed by atoms with Crippen LogP contribution < -0.4 is 10.2 Å². The number of amides is 3. The van der Waals surface area contributed by atoms with E-state index in [-0.39, 0.29) is 29.1 Å². The number of benzene rings is 1. The molecule has 1 unspecified atom stereocenters. The summed E-state index contributed by atoms with van der Waals surface area (Å²) >= 11 is 0. The van der Waals surface area contributed by atoms with Crippen molar-refractivity contribution in [2.45, 2.75) is 52.2 Å². The molecule has 192 valence electrons. The van der Waals surface area contributed by atoms with Gasteiger partial charge >= 0.3 is 0 Å². The van der Waals surface area contributed by atoms with E-state index in [1.165, 1.54) is 0 Å². The fourth-order valence-electron chi connectivity index (χ4n) is 5.87. The summed E-state index contributed by atoms with van der Waals surface area (Å²) in [5.41, 5.74) is 4.52. The number of imidazole rings is 1. The van der Waals surface area contributed by atoms with Crippen LogP contribution in [0.5, 0.6) is 0 Å². The molecule has 3 aromatic rings. The van der Waals surface area contributed by atoms with Crippen molar-refractivity contribution in [1.82, 2.24) is 19.6 Å². The van der Waals surface area contributed by atoms with Gasteiger partial charge < -0.3 is 9.80 Å². The van der Waals surface area contributed by atoms with Crippen LogP contribution in [0.25, 0.3) is 11.2 Å². The molecule has 0 spiro atoms. The summed E-state index contributed by atoms with van der Waals surface area (Å²) in [5, 5.41) is 2.45. The zero-order valence-corrected chi connectivity index (χ0v) is 21.7. The SMILES string of the molecule is CC(C)N(C(=O)C1Cc2cccc3c2N1C=CN=C3C1=C(c2cnc3ccccn23)C(=O)NC1=O)C(C)C. The quantitative estimate of drug-likeness (QED) is 0.534. The third kappa shape index (κ3) is 3.49. The summed E-state index contributed by atoms with van der Waals surface area (Å²) in [5.74, 6) is -0.955. The minimum atomic E-state index is -0.509. The molecule has 0 bridgehead atoms. The average Bonchev–Trinajstić information content (AvgIpc) is 3.50. The number of nitrogens with one attached hydrogen (secondary N) is 1. The summed E-state index contributed by atoms with van der Waals surface area (Å²) in [6.45, 7) is 8.09. The first-order valence-corrected chi connectivity index (χ1v) is 12.8. The number of hydrogen-bond acceptors (Lipinski definition) is 6. The predicted molar refractivity (Wildman–Crippen MR) is 144 cm³/mol. The number of hydrogen-bond donors (Lipinski definition) is 1. The number of nitrogens with zero attached hydrogens (tertiary/aromatic N) is 5. The molecule has 0 fully saturated rings. The third-order valence-electron chi connectivity index (χ3n) is 7.31. The Morgan fingerprint density at radius 1 is 1.03 bits per heavy atom. The van der Waals surface area contributed by atoms with Crippen molar-refractivity contribution < 1.29 is 14.4 Å². The standard InChI is InChI=1S/C29H28N6O3/c1-16(2)35(17(3)4)29(38)20-14-18-8-7-9-19-25(30-11-13-34(20)26(18)19)24-23(27(36)32-28(24)37)21-15-31-22-10-5-6-12-33(21)22/h5-13,15-17,20H,14H2,1-4H3,(H,32,36,37). The molecule has 0 saturated heterocycles. The Bertz CT molecular complexity index is 1600. The van der Waals surface area contributed by atoms with Gasteiger partial charge in [0.2, 0.25) is 5.91 Å². The minimum Gasteiger partial charge on any atom is -0.336 e. The van der Waals surface area contributed by atoms with E-state index in [4.69, 9.17) is 0 Å². The summed E-state index contributed by atoms with van der Waals surface area (Å²) in [7, 11) is 0. The van der Waals surface area contributed by atoms with Crippen molar-refractivity contribution in [2.75, 3.05) is 4.90 Å². The second-order valence-corrected chi connectivity index (χ2v) is 10.3. The largest absolute Gasteiger partial charge is 0.336 e. The normalized spacial score (nSPS) is 18.4. The number of carbonyl (C=O) groups excluding carboxylic acids is 3. The lowest BCUT2D eigenvalue weighted by Gasteiger charge is -2.35. The molecule has 5 heterocycles. The maximum atomic E-state index is 13.8. The summed E-state index contributed by atoms with van der Waals surface area (Å²) in [6, 6.07) is 11.0. The highest BCUT2D eigenvalue weighted by Crippen LogP contribution is 2.40. The van der Waals surface area contributed by atoms with Gasteiger partial charge in [-0.2, -0.15) is 0 Å². The van der Waals surface area contributed by atoms with E-state index < -0.39 is 17.9 Å². The van der Waals surface area contributed by atoms with Crippen molar-refractivity contribution in [3.8, 4) is 0 Å².